The Kier molecular flexibility index (Phi) is 6.35. The third-order valence-electron chi connectivity index (χ3n) is 3.66. The molecule has 1 amide bonds. The van der Waals surface area contributed by atoms with Gasteiger partial charge >= 0.3 is 0 Å². The van der Waals surface area contributed by atoms with E-state index < -0.39 is 12.1 Å². The van der Waals surface area contributed by atoms with Crippen molar-refractivity contribution in [2.45, 2.75) is 26.0 Å². The van der Waals surface area contributed by atoms with E-state index in [0.717, 1.165) is 16.7 Å². The lowest BCUT2D eigenvalue weighted by Gasteiger charge is -2.16. The fourth-order valence-electron chi connectivity index (χ4n) is 2.21. The SMILES string of the molecule is Cc1ccc(C(N)C(=O)NCC(O)COc2cccc(C)c2)cc1. The zero-order chi connectivity index (χ0) is 17.5. The van der Waals surface area contributed by atoms with Crippen LogP contribution < -0.4 is 15.8 Å². The second-order valence-electron chi connectivity index (χ2n) is 5.91. The summed E-state index contributed by atoms with van der Waals surface area (Å²) in [6.45, 7) is 4.13. The van der Waals surface area contributed by atoms with E-state index in [9.17, 15) is 9.90 Å². The Morgan fingerprint density at radius 3 is 2.54 bits per heavy atom. The molecule has 0 heterocycles. The molecular weight excluding hydrogens is 304 g/mol. The van der Waals surface area contributed by atoms with Crippen molar-refractivity contribution in [3.05, 3.63) is 65.2 Å². The van der Waals surface area contributed by atoms with Crippen molar-refractivity contribution >= 4 is 5.91 Å². The van der Waals surface area contributed by atoms with Crippen molar-refractivity contribution < 1.29 is 14.6 Å². The van der Waals surface area contributed by atoms with Gasteiger partial charge in [-0.05, 0) is 37.1 Å². The van der Waals surface area contributed by atoms with Crippen LogP contribution in [0.1, 0.15) is 22.7 Å². The molecular formula is C19H24N2O3. The molecule has 2 aromatic carbocycles. The number of aliphatic hydroxyl groups is 1. The maximum Gasteiger partial charge on any atom is 0.241 e. The van der Waals surface area contributed by atoms with Crippen LogP contribution in [0, 0.1) is 13.8 Å². The molecule has 4 N–H and O–H groups in total. The Labute approximate surface area is 142 Å². The van der Waals surface area contributed by atoms with Gasteiger partial charge in [0.1, 0.15) is 24.5 Å². The van der Waals surface area contributed by atoms with Crippen LogP contribution >= 0.6 is 0 Å². The van der Waals surface area contributed by atoms with Gasteiger partial charge in [0.15, 0.2) is 0 Å². The van der Waals surface area contributed by atoms with Crippen molar-refractivity contribution in [3.63, 3.8) is 0 Å². The van der Waals surface area contributed by atoms with Gasteiger partial charge in [-0.2, -0.15) is 0 Å². The first-order valence-corrected chi connectivity index (χ1v) is 7.93. The lowest BCUT2D eigenvalue weighted by atomic mass is 10.1. The summed E-state index contributed by atoms with van der Waals surface area (Å²) in [5, 5.41) is 12.6. The molecule has 0 aromatic heterocycles. The van der Waals surface area contributed by atoms with Gasteiger partial charge in [-0.3, -0.25) is 4.79 Å². The summed E-state index contributed by atoms with van der Waals surface area (Å²) >= 11 is 0. The molecule has 0 bridgehead atoms. The van der Waals surface area contributed by atoms with E-state index in [2.05, 4.69) is 5.32 Å². The lowest BCUT2D eigenvalue weighted by Crippen LogP contribution is -2.40. The van der Waals surface area contributed by atoms with Gasteiger partial charge in [0.2, 0.25) is 5.91 Å². The maximum atomic E-state index is 12.1. The van der Waals surface area contributed by atoms with E-state index >= 15 is 0 Å². The van der Waals surface area contributed by atoms with Crippen LogP contribution in [0.25, 0.3) is 0 Å². The van der Waals surface area contributed by atoms with Crippen molar-refractivity contribution in [1.82, 2.24) is 5.32 Å². The second-order valence-corrected chi connectivity index (χ2v) is 5.91. The molecule has 0 aliphatic heterocycles. The van der Waals surface area contributed by atoms with Crippen LogP contribution in [0.15, 0.2) is 48.5 Å². The van der Waals surface area contributed by atoms with E-state index in [4.69, 9.17) is 10.5 Å². The third kappa shape index (κ3) is 5.37. The standard InChI is InChI=1S/C19H24N2O3/c1-13-6-8-15(9-7-13)18(20)19(23)21-11-16(22)12-24-17-5-3-4-14(2)10-17/h3-10,16,18,22H,11-12,20H2,1-2H3,(H,21,23). The van der Waals surface area contributed by atoms with Crippen molar-refractivity contribution in [2.75, 3.05) is 13.2 Å². The number of carbonyl (C=O) groups is 1. The first-order valence-electron chi connectivity index (χ1n) is 7.93. The zero-order valence-corrected chi connectivity index (χ0v) is 14.0. The average Bonchev–Trinajstić information content (AvgIpc) is 2.58. The number of ether oxygens (including phenoxy) is 1. The van der Waals surface area contributed by atoms with Gasteiger partial charge in [-0.25, -0.2) is 0 Å². The molecule has 5 nitrogen and oxygen atoms in total. The number of hydrogen-bond acceptors (Lipinski definition) is 4. The minimum Gasteiger partial charge on any atom is -0.491 e. The smallest absolute Gasteiger partial charge is 0.241 e. The number of amides is 1. The first kappa shape index (κ1) is 18.0. The van der Waals surface area contributed by atoms with Gasteiger partial charge in [0, 0.05) is 6.54 Å². The predicted molar refractivity (Wildman–Crippen MR) is 93.8 cm³/mol. The van der Waals surface area contributed by atoms with E-state index in [-0.39, 0.29) is 19.1 Å². The summed E-state index contributed by atoms with van der Waals surface area (Å²) in [7, 11) is 0. The Hall–Kier alpha value is -2.37. The molecule has 0 saturated carbocycles. The minimum absolute atomic E-state index is 0.0875. The normalized spacial score (nSPS) is 13.2. The molecule has 0 saturated heterocycles. The number of nitrogens with two attached hydrogens (primary N) is 1. The number of carbonyl (C=O) groups excluding carboxylic acids is 1. The molecule has 0 aliphatic rings. The highest BCUT2D eigenvalue weighted by molar-refractivity contribution is 5.82. The molecule has 2 aromatic rings. The molecule has 0 spiro atoms. The maximum absolute atomic E-state index is 12.1. The fraction of sp³-hybridized carbons (Fsp3) is 0.316. The summed E-state index contributed by atoms with van der Waals surface area (Å²) in [5.41, 5.74) is 8.86. The Morgan fingerprint density at radius 1 is 1.17 bits per heavy atom. The number of nitrogens with one attached hydrogen (secondary N) is 1. The van der Waals surface area contributed by atoms with Gasteiger partial charge in [0.25, 0.3) is 0 Å². The monoisotopic (exact) mass is 328 g/mol. The van der Waals surface area contributed by atoms with Crippen molar-refractivity contribution in [3.8, 4) is 5.75 Å². The molecule has 0 aliphatic carbocycles. The van der Waals surface area contributed by atoms with Crippen LogP contribution in [0.4, 0.5) is 0 Å². The number of hydrogen-bond donors (Lipinski definition) is 3. The first-order chi connectivity index (χ1) is 11.5. The van der Waals surface area contributed by atoms with Crippen LogP contribution in [0.3, 0.4) is 0 Å². The number of benzene rings is 2. The second kappa shape index (κ2) is 8.47. The fourth-order valence-corrected chi connectivity index (χ4v) is 2.21. The van der Waals surface area contributed by atoms with Crippen LogP contribution in [-0.2, 0) is 4.79 Å². The molecule has 2 rings (SSSR count). The summed E-state index contributed by atoms with van der Waals surface area (Å²) < 4.78 is 5.51. The largest absolute Gasteiger partial charge is 0.491 e. The Morgan fingerprint density at radius 2 is 1.88 bits per heavy atom. The van der Waals surface area contributed by atoms with Gasteiger partial charge in [-0.1, -0.05) is 42.0 Å². The highest BCUT2D eigenvalue weighted by Gasteiger charge is 2.16. The highest BCUT2D eigenvalue weighted by atomic mass is 16.5. The van der Waals surface area contributed by atoms with Crippen LogP contribution in [0.5, 0.6) is 5.75 Å². The zero-order valence-electron chi connectivity index (χ0n) is 14.0. The van der Waals surface area contributed by atoms with Crippen molar-refractivity contribution in [1.29, 1.82) is 0 Å². The van der Waals surface area contributed by atoms with E-state index in [1.54, 1.807) is 0 Å². The highest BCUT2D eigenvalue weighted by Crippen LogP contribution is 2.13. The number of rotatable bonds is 7. The molecule has 128 valence electrons. The number of aryl methyl sites for hydroxylation is 2. The molecule has 5 heteroatoms. The molecule has 2 atom stereocenters. The molecule has 0 fully saturated rings. The van der Waals surface area contributed by atoms with E-state index in [1.165, 1.54) is 0 Å². The van der Waals surface area contributed by atoms with Gasteiger partial charge in [-0.15, -0.1) is 0 Å². The summed E-state index contributed by atoms with van der Waals surface area (Å²) in [4.78, 5) is 12.1. The average molecular weight is 328 g/mol. The third-order valence-corrected chi connectivity index (χ3v) is 3.66. The van der Waals surface area contributed by atoms with Crippen LogP contribution in [0.2, 0.25) is 0 Å². The minimum atomic E-state index is -0.806. The van der Waals surface area contributed by atoms with Gasteiger partial charge in [0.05, 0.1) is 0 Å². The molecule has 2 unspecified atom stereocenters. The van der Waals surface area contributed by atoms with E-state index in [0.29, 0.717) is 5.75 Å². The quantitative estimate of drug-likeness (QED) is 0.724. The predicted octanol–water partition coefficient (Wildman–Crippen LogP) is 1.86. The summed E-state index contributed by atoms with van der Waals surface area (Å²) in [6.07, 6.45) is -0.806. The van der Waals surface area contributed by atoms with Crippen molar-refractivity contribution in [2.24, 2.45) is 5.73 Å². The van der Waals surface area contributed by atoms with Crippen LogP contribution in [-0.4, -0.2) is 30.3 Å². The van der Waals surface area contributed by atoms with Gasteiger partial charge < -0.3 is 20.9 Å². The summed E-state index contributed by atoms with van der Waals surface area (Å²) in [5.74, 6) is 0.366. The molecule has 0 radical (unpaired) electrons. The van der Waals surface area contributed by atoms with E-state index in [1.807, 2.05) is 62.4 Å². The Balaban J connectivity index is 1.77. The summed E-state index contributed by atoms with van der Waals surface area (Å²) in [6, 6.07) is 14.3. The molecule has 24 heavy (non-hydrogen) atoms. The lowest BCUT2D eigenvalue weighted by molar-refractivity contribution is -0.123. The topological polar surface area (TPSA) is 84.6 Å². The Bertz CT molecular complexity index is 671. The number of aliphatic hydroxyl groups excluding tert-OH is 1.